The van der Waals surface area contributed by atoms with Gasteiger partial charge in [0.15, 0.2) is 5.11 Å². The van der Waals surface area contributed by atoms with Crippen molar-refractivity contribution in [1.82, 2.24) is 10.9 Å². The SMILES string of the molecule is COc1ccccc1NCC(=O)NNC(=S)Nc1ccc(F)cc1. The molecule has 2 aromatic carbocycles. The molecular formula is C16H17FN4O2S. The van der Waals surface area contributed by atoms with Gasteiger partial charge in [0.1, 0.15) is 11.6 Å². The Balaban J connectivity index is 1.74. The molecule has 0 heterocycles. The summed E-state index contributed by atoms with van der Waals surface area (Å²) in [5.41, 5.74) is 6.34. The molecular weight excluding hydrogens is 331 g/mol. The van der Waals surface area contributed by atoms with Crippen molar-refractivity contribution in [3.63, 3.8) is 0 Å². The predicted molar refractivity (Wildman–Crippen MR) is 95.4 cm³/mol. The molecule has 0 bridgehead atoms. The summed E-state index contributed by atoms with van der Waals surface area (Å²) in [6, 6.07) is 13.0. The lowest BCUT2D eigenvalue weighted by atomic mass is 10.3. The van der Waals surface area contributed by atoms with Gasteiger partial charge < -0.3 is 15.4 Å². The zero-order chi connectivity index (χ0) is 17.4. The summed E-state index contributed by atoms with van der Waals surface area (Å²) in [6.45, 7) is 0.0343. The van der Waals surface area contributed by atoms with Crippen LogP contribution in [0.4, 0.5) is 15.8 Å². The fourth-order valence-corrected chi connectivity index (χ4v) is 2.00. The van der Waals surface area contributed by atoms with E-state index >= 15 is 0 Å². The van der Waals surface area contributed by atoms with Gasteiger partial charge >= 0.3 is 0 Å². The van der Waals surface area contributed by atoms with E-state index in [9.17, 15) is 9.18 Å². The third-order valence-corrected chi connectivity index (χ3v) is 3.17. The second-order valence-corrected chi connectivity index (χ2v) is 5.10. The van der Waals surface area contributed by atoms with Gasteiger partial charge in [-0.3, -0.25) is 15.6 Å². The van der Waals surface area contributed by atoms with Gasteiger partial charge in [0, 0.05) is 5.69 Å². The molecule has 126 valence electrons. The number of amides is 1. The van der Waals surface area contributed by atoms with Crippen LogP contribution in [0.5, 0.6) is 5.75 Å². The first-order chi connectivity index (χ1) is 11.6. The molecule has 0 aromatic heterocycles. The summed E-state index contributed by atoms with van der Waals surface area (Å²) in [7, 11) is 1.56. The van der Waals surface area contributed by atoms with E-state index in [0.717, 1.165) is 0 Å². The van der Waals surface area contributed by atoms with E-state index in [1.165, 1.54) is 24.3 Å². The first kappa shape index (κ1) is 17.5. The van der Waals surface area contributed by atoms with Gasteiger partial charge in [-0.15, -0.1) is 0 Å². The minimum atomic E-state index is -0.338. The largest absolute Gasteiger partial charge is 0.495 e. The van der Waals surface area contributed by atoms with E-state index in [2.05, 4.69) is 21.5 Å². The van der Waals surface area contributed by atoms with Crippen LogP contribution >= 0.6 is 12.2 Å². The molecule has 24 heavy (non-hydrogen) atoms. The number of halogens is 1. The molecule has 0 aliphatic rings. The molecule has 2 aromatic rings. The van der Waals surface area contributed by atoms with Crippen LogP contribution in [0.1, 0.15) is 0 Å². The van der Waals surface area contributed by atoms with E-state index in [1.807, 2.05) is 12.1 Å². The third-order valence-electron chi connectivity index (χ3n) is 2.96. The quantitative estimate of drug-likeness (QED) is 0.491. The number of rotatable bonds is 5. The van der Waals surface area contributed by atoms with Crippen molar-refractivity contribution in [2.45, 2.75) is 0 Å². The van der Waals surface area contributed by atoms with Crippen LogP contribution in [0.3, 0.4) is 0 Å². The fourth-order valence-electron chi connectivity index (χ4n) is 1.83. The average Bonchev–Trinajstić information content (AvgIpc) is 2.60. The number of carbonyl (C=O) groups is 1. The molecule has 0 fully saturated rings. The molecule has 0 saturated carbocycles. The van der Waals surface area contributed by atoms with Crippen molar-refractivity contribution in [3.8, 4) is 5.75 Å². The summed E-state index contributed by atoms with van der Waals surface area (Å²) in [4.78, 5) is 11.8. The van der Waals surface area contributed by atoms with E-state index in [-0.39, 0.29) is 23.4 Å². The molecule has 0 saturated heterocycles. The maximum atomic E-state index is 12.8. The summed E-state index contributed by atoms with van der Waals surface area (Å²) < 4.78 is 18.0. The highest BCUT2D eigenvalue weighted by molar-refractivity contribution is 7.80. The number of hydrazine groups is 1. The summed E-state index contributed by atoms with van der Waals surface area (Å²) in [5, 5.41) is 5.96. The maximum Gasteiger partial charge on any atom is 0.257 e. The molecule has 6 nitrogen and oxygen atoms in total. The van der Waals surface area contributed by atoms with Crippen molar-refractivity contribution < 1.29 is 13.9 Å². The van der Waals surface area contributed by atoms with Gasteiger partial charge in [-0.1, -0.05) is 12.1 Å². The Morgan fingerprint density at radius 3 is 2.54 bits per heavy atom. The number of carbonyl (C=O) groups excluding carboxylic acids is 1. The lowest BCUT2D eigenvalue weighted by molar-refractivity contribution is -0.119. The number of anilines is 2. The van der Waals surface area contributed by atoms with E-state index in [1.54, 1.807) is 19.2 Å². The van der Waals surface area contributed by atoms with Crippen molar-refractivity contribution >= 4 is 34.6 Å². The Labute approximate surface area is 144 Å². The van der Waals surface area contributed by atoms with Crippen molar-refractivity contribution in [3.05, 3.63) is 54.3 Å². The molecule has 0 unspecified atom stereocenters. The molecule has 4 N–H and O–H groups in total. The smallest absolute Gasteiger partial charge is 0.257 e. The Kier molecular flexibility index (Phi) is 6.32. The van der Waals surface area contributed by atoms with Gasteiger partial charge in [-0.2, -0.15) is 0 Å². The second-order valence-electron chi connectivity index (χ2n) is 4.69. The summed E-state index contributed by atoms with van der Waals surface area (Å²) in [6.07, 6.45) is 0. The van der Waals surface area contributed by atoms with Crippen molar-refractivity contribution in [1.29, 1.82) is 0 Å². The second kappa shape index (κ2) is 8.68. The van der Waals surface area contributed by atoms with Gasteiger partial charge in [-0.25, -0.2) is 4.39 Å². The number of hydrogen-bond donors (Lipinski definition) is 4. The highest BCUT2D eigenvalue weighted by Crippen LogP contribution is 2.22. The molecule has 1 amide bonds. The average molecular weight is 348 g/mol. The molecule has 8 heteroatoms. The van der Waals surface area contributed by atoms with Crippen LogP contribution in [-0.4, -0.2) is 24.7 Å². The van der Waals surface area contributed by atoms with Gasteiger partial charge in [0.2, 0.25) is 0 Å². The van der Waals surface area contributed by atoms with Crippen LogP contribution in [-0.2, 0) is 4.79 Å². The van der Waals surface area contributed by atoms with Crippen LogP contribution in [0.25, 0.3) is 0 Å². The van der Waals surface area contributed by atoms with E-state index in [0.29, 0.717) is 17.1 Å². The topological polar surface area (TPSA) is 74.4 Å². The maximum absolute atomic E-state index is 12.8. The highest BCUT2D eigenvalue weighted by Gasteiger charge is 2.05. The lowest BCUT2D eigenvalue weighted by Crippen LogP contribution is -2.45. The van der Waals surface area contributed by atoms with Crippen molar-refractivity contribution in [2.75, 3.05) is 24.3 Å². The summed E-state index contributed by atoms with van der Waals surface area (Å²) >= 11 is 5.03. The number of hydrogen-bond acceptors (Lipinski definition) is 4. The first-order valence-electron chi connectivity index (χ1n) is 7.07. The fraction of sp³-hybridized carbons (Fsp3) is 0.125. The Hall–Kier alpha value is -2.87. The van der Waals surface area contributed by atoms with Gasteiger partial charge in [0.05, 0.1) is 19.3 Å². The number of nitrogens with one attached hydrogen (secondary N) is 4. The molecule has 0 aliphatic heterocycles. The third kappa shape index (κ3) is 5.40. The molecule has 0 spiro atoms. The minimum absolute atomic E-state index is 0.0343. The molecule has 0 aliphatic carbocycles. The molecule has 2 rings (SSSR count). The Bertz CT molecular complexity index is 709. The normalized spacial score (nSPS) is 9.75. The summed E-state index contributed by atoms with van der Waals surface area (Å²) in [5.74, 6) is -0.00827. The monoisotopic (exact) mass is 348 g/mol. The standard InChI is InChI=1S/C16H17FN4O2S/c1-23-14-5-3-2-4-13(14)18-10-15(22)20-21-16(24)19-12-8-6-11(17)7-9-12/h2-9,18H,10H2,1H3,(H,20,22)(H2,19,21,24). The zero-order valence-electron chi connectivity index (χ0n) is 12.9. The number of ether oxygens (including phenoxy) is 1. The van der Waals surface area contributed by atoms with Gasteiger partial charge in [-0.05, 0) is 48.6 Å². The van der Waals surface area contributed by atoms with Crippen LogP contribution < -0.4 is 26.2 Å². The Morgan fingerprint density at radius 2 is 1.83 bits per heavy atom. The van der Waals surface area contributed by atoms with E-state index < -0.39 is 0 Å². The predicted octanol–water partition coefficient (Wildman–Crippen LogP) is 2.26. The first-order valence-corrected chi connectivity index (χ1v) is 7.47. The van der Waals surface area contributed by atoms with Crippen molar-refractivity contribution in [2.24, 2.45) is 0 Å². The zero-order valence-corrected chi connectivity index (χ0v) is 13.7. The molecule has 0 atom stereocenters. The number of thiocarbonyl (C=S) groups is 1. The number of para-hydroxylation sites is 2. The number of benzene rings is 2. The Morgan fingerprint density at radius 1 is 1.12 bits per heavy atom. The van der Waals surface area contributed by atoms with Crippen LogP contribution in [0, 0.1) is 5.82 Å². The van der Waals surface area contributed by atoms with Crippen LogP contribution in [0.2, 0.25) is 0 Å². The van der Waals surface area contributed by atoms with Gasteiger partial charge in [0.25, 0.3) is 5.91 Å². The highest BCUT2D eigenvalue weighted by atomic mass is 32.1. The minimum Gasteiger partial charge on any atom is -0.495 e. The lowest BCUT2D eigenvalue weighted by Gasteiger charge is -2.13. The number of methoxy groups -OCH3 is 1. The van der Waals surface area contributed by atoms with Crippen LogP contribution in [0.15, 0.2) is 48.5 Å². The van der Waals surface area contributed by atoms with E-state index in [4.69, 9.17) is 17.0 Å². The molecule has 0 radical (unpaired) electrons.